The van der Waals surface area contributed by atoms with E-state index in [9.17, 15) is 125 Å². The van der Waals surface area contributed by atoms with Crippen molar-refractivity contribution >= 4 is 112 Å². The maximum absolute atomic E-state index is 14.2. The van der Waals surface area contributed by atoms with Crippen LogP contribution in [0.3, 0.4) is 0 Å². The molecule has 2 aliphatic rings. The molecule has 3 heterocycles. The first kappa shape index (κ1) is 117. The van der Waals surface area contributed by atoms with Gasteiger partial charge in [-0.15, -0.1) is 11.8 Å². The highest BCUT2D eigenvalue weighted by Crippen LogP contribution is 2.75. The van der Waals surface area contributed by atoms with Gasteiger partial charge in [-0.3, -0.25) is 72.0 Å². The van der Waals surface area contributed by atoms with Crippen molar-refractivity contribution in [3.8, 4) is 0 Å². The summed E-state index contributed by atoms with van der Waals surface area (Å²) < 4.78 is 130. The molecular formula is C67H128N16O38P6S. The lowest BCUT2D eigenvalue weighted by molar-refractivity contribution is -0.141. The average molecular weight is 1980 g/mol. The van der Waals surface area contributed by atoms with Crippen LogP contribution in [-0.2, 0) is 125 Å². The standard InChI is InChI=1S/C67H128N16O38P6S/c1-45-42-83(67(97)81-59(45)88)58-40-52(84)53(116-58)43-115-123(100,101)118-125(104,105)120-127(108,109)121-126(106,107)119-124(102,103)117-122(98,99)114-31-15-3-2-14-28-74-56(86)22-32-110-34-36-112-38-39-113-37-35-111-33-29-75-55(85)21-30-82-57(87)41-54(65(82)94)128-44-51(66(95)96)80-64(93)50(20-8-13-27-72)79-63(92)49(19-7-12-26-71)78-62(91)48(18-6-11-25-70)77-61(90)47(17-5-10-24-69)76-60(89)46(73)16-4-9-23-68/h42,46-54,58,63,79,84,92H,2-41,43-44,68-73H2,1H3,(H,74,86)(H,75,85)(H,76,89)(H,77,90)(H,78,91)(H,80,93)(H,95,96)(H,98,99)(H,100,101)(H,102,103)(H,104,105)(H,106,107)(H,108,109)(H,81,88,97)/t46-,47-,48-,49-,50-,51-,52?,53+,54?,58+,63?/m0/s1. The van der Waals surface area contributed by atoms with Crippen molar-refractivity contribution in [3.05, 3.63) is 32.6 Å². The van der Waals surface area contributed by atoms with E-state index in [0.29, 0.717) is 96.6 Å². The fraction of sp³-hybridized carbons (Fsp3) is 0.806. The maximum Gasteiger partial charge on any atom is 0.490 e. The molecule has 0 aliphatic carbocycles. The van der Waals surface area contributed by atoms with Crippen LogP contribution >= 0.6 is 58.7 Å². The topological polar surface area (TPSA) is 847 Å². The summed E-state index contributed by atoms with van der Waals surface area (Å²) in [4.78, 5) is 205. The molecule has 740 valence electrons. The maximum atomic E-state index is 14.2. The average Bonchev–Trinajstić information content (AvgIpc) is 1.51. The number of rotatable bonds is 75. The van der Waals surface area contributed by atoms with Crippen molar-refractivity contribution in [2.75, 3.05) is 124 Å². The Kier molecular flexibility index (Phi) is 56.3. The number of aliphatic carboxylic acids is 1. The number of hydrogen-bond donors (Lipinski definition) is 23. The number of nitrogens with zero attached hydrogens (tertiary/aromatic N) is 2. The number of aliphatic hydroxyl groups excluding tert-OH is 2. The number of nitrogens with one attached hydrogen (secondary N) is 8. The highest BCUT2D eigenvalue weighted by Gasteiger charge is 2.51. The Morgan fingerprint density at radius 1 is 0.531 bits per heavy atom. The van der Waals surface area contributed by atoms with Gasteiger partial charge in [0.15, 0.2) is 0 Å². The van der Waals surface area contributed by atoms with Crippen LogP contribution in [0.4, 0.5) is 0 Å². The molecule has 17 atom stereocenters. The van der Waals surface area contributed by atoms with Gasteiger partial charge >= 0.3 is 58.6 Å². The number of aliphatic hydroxyl groups is 2. The Morgan fingerprint density at radius 3 is 1.52 bits per heavy atom. The van der Waals surface area contributed by atoms with Gasteiger partial charge in [-0.2, -0.15) is 21.6 Å². The summed E-state index contributed by atoms with van der Waals surface area (Å²) in [7, 11) is -37.3. The number of amides is 8. The number of likely N-dealkylation sites (tertiary alicyclic amines) is 1. The van der Waals surface area contributed by atoms with Crippen molar-refractivity contribution in [3.63, 3.8) is 0 Å². The smallest absolute Gasteiger partial charge is 0.480 e. The molecule has 8 amide bonds. The minimum absolute atomic E-state index is 0.00107. The number of carbonyl (C=O) groups is 9. The van der Waals surface area contributed by atoms with Crippen LogP contribution in [0.15, 0.2) is 15.8 Å². The largest absolute Gasteiger partial charge is 0.490 e. The molecule has 3 rings (SSSR count). The van der Waals surface area contributed by atoms with Gasteiger partial charge in [0.1, 0.15) is 36.7 Å². The lowest BCUT2D eigenvalue weighted by atomic mass is 10.0. The predicted molar refractivity (Wildman–Crippen MR) is 452 cm³/mol. The van der Waals surface area contributed by atoms with Crippen molar-refractivity contribution < 1.29 is 170 Å². The van der Waals surface area contributed by atoms with Gasteiger partial charge in [0.2, 0.25) is 47.3 Å². The number of thioether (sulfide) groups is 1. The van der Waals surface area contributed by atoms with E-state index in [1.54, 1.807) is 0 Å². The summed E-state index contributed by atoms with van der Waals surface area (Å²) in [6.45, 7) is 2.35. The summed E-state index contributed by atoms with van der Waals surface area (Å²) in [5.74, 6) is -6.68. The number of ether oxygens (including phenoxy) is 5. The van der Waals surface area contributed by atoms with E-state index in [1.165, 1.54) is 6.92 Å². The second-order valence-electron chi connectivity index (χ2n) is 29.1. The lowest BCUT2D eigenvalue weighted by Gasteiger charge is -2.31. The third kappa shape index (κ3) is 49.1. The number of carboxylic acids is 1. The highest BCUT2D eigenvalue weighted by molar-refractivity contribution is 8.00. The Balaban J connectivity index is 1.28. The predicted octanol–water partition coefficient (Wildman–Crippen LogP) is -3.02. The van der Waals surface area contributed by atoms with Crippen LogP contribution in [-0.4, -0.2) is 296 Å². The minimum atomic E-state index is -6.55. The molecule has 2 aliphatic heterocycles. The summed E-state index contributed by atoms with van der Waals surface area (Å²) in [5.41, 5.74) is 33.2. The molecule has 54 nitrogen and oxygen atoms in total. The molecule has 128 heavy (non-hydrogen) atoms. The van der Waals surface area contributed by atoms with E-state index < -0.39 is 185 Å². The monoisotopic (exact) mass is 1980 g/mol. The molecule has 2 saturated heterocycles. The van der Waals surface area contributed by atoms with Crippen molar-refractivity contribution in [2.24, 2.45) is 34.4 Å². The van der Waals surface area contributed by atoms with Crippen LogP contribution in [0.1, 0.15) is 159 Å². The Morgan fingerprint density at radius 2 is 0.977 bits per heavy atom. The van der Waals surface area contributed by atoms with Crippen molar-refractivity contribution in [1.29, 1.82) is 0 Å². The molecule has 1 aromatic heterocycles. The minimum Gasteiger partial charge on any atom is -0.480 e. The number of hydrogen-bond acceptors (Lipinski definition) is 39. The number of phosphoric ester groups is 2. The summed E-state index contributed by atoms with van der Waals surface area (Å²) in [6.07, 6.45) is 0.976. The van der Waals surface area contributed by atoms with Gasteiger partial charge < -0.3 is 135 Å². The number of aromatic nitrogens is 2. The van der Waals surface area contributed by atoms with Gasteiger partial charge in [-0.05, 0) is 130 Å². The number of carboxylic acid groups (broad SMARTS) is 1. The second kappa shape index (κ2) is 61.6. The number of nitrogens with two attached hydrogens (primary N) is 6. The van der Waals surface area contributed by atoms with Gasteiger partial charge in [0, 0.05) is 62.8 Å². The number of imide groups is 1. The molecule has 1 aromatic rings. The van der Waals surface area contributed by atoms with Crippen LogP contribution in [0.25, 0.3) is 0 Å². The van der Waals surface area contributed by atoms with Crippen LogP contribution in [0, 0.1) is 6.92 Å². The van der Waals surface area contributed by atoms with E-state index in [0.717, 1.165) is 27.4 Å². The fourth-order valence-corrected chi connectivity index (χ4v) is 20.9. The van der Waals surface area contributed by atoms with Crippen molar-refractivity contribution in [2.45, 2.75) is 221 Å². The molecule has 0 radical (unpaired) electrons. The van der Waals surface area contributed by atoms with Gasteiger partial charge in [-0.1, -0.05) is 32.1 Å². The molecule has 9 unspecified atom stereocenters. The number of aromatic amines is 1. The second-order valence-corrected chi connectivity index (χ2v) is 39.7. The number of aryl methyl sites for hydroxylation is 1. The first-order valence-electron chi connectivity index (χ1n) is 41.3. The number of unbranched alkanes of at least 4 members (excludes halogenated alkanes) is 8. The van der Waals surface area contributed by atoms with Crippen LogP contribution in [0.2, 0.25) is 0 Å². The molecule has 0 bridgehead atoms. The molecule has 0 saturated carbocycles. The third-order valence-electron chi connectivity index (χ3n) is 18.5. The first-order chi connectivity index (χ1) is 60.3. The quantitative estimate of drug-likeness (QED) is 0.0134. The SMILES string of the molecule is Cc1cn([C@H]2CC(O)[C@@H](COP(=O)(O)OP(=O)(O)OP(=O)(O)OP(=O)(O)OP(=O)(O)OP(=O)(O)OCCCCCCNC(=O)CCOCCOCCOCCOCCNC(=O)CCN3C(=O)CC(SC[C@H](NC(=O)[C@H](CCCCN)NC(O)[C@H](CCCCN)NC(=O)[C@H](CCCCN)NC(=O)[C@H](CCCCN)NC(=O)[C@@H](N)CCCCN)C(=O)O)C3=O)O2)c(=O)[nH]c1=O. The number of carbonyl (C=O) groups excluding carboxylic acids is 8. The third-order valence-corrected chi connectivity index (χ3v) is 29.1. The zero-order valence-corrected chi connectivity index (χ0v) is 77.1. The zero-order chi connectivity index (χ0) is 95.7. The zero-order valence-electron chi connectivity index (χ0n) is 70.9. The van der Waals surface area contributed by atoms with E-state index in [-0.39, 0.29) is 174 Å². The van der Waals surface area contributed by atoms with Gasteiger partial charge in [0.05, 0.1) is 95.5 Å². The molecule has 0 spiro atoms. The first-order valence-corrected chi connectivity index (χ1v) is 51.3. The van der Waals surface area contributed by atoms with Crippen molar-refractivity contribution in [1.82, 2.24) is 51.7 Å². The van der Waals surface area contributed by atoms with Crippen LogP contribution < -0.4 is 82.9 Å². The van der Waals surface area contributed by atoms with E-state index >= 15 is 0 Å². The highest BCUT2D eigenvalue weighted by atomic mass is 32.2. The Bertz CT molecular complexity index is 4040. The Hall–Kier alpha value is -5.24. The lowest BCUT2D eigenvalue weighted by Crippen LogP contribution is -2.60. The number of H-pyrrole nitrogens is 1. The molecule has 61 heteroatoms. The van der Waals surface area contributed by atoms with E-state index in [4.69, 9.17) is 58.1 Å². The van der Waals surface area contributed by atoms with Crippen LogP contribution in [0.5, 0.6) is 0 Å². The summed E-state index contributed by atoms with van der Waals surface area (Å²) in [5, 5.41) is 50.3. The fourth-order valence-electron chi connectivity index (χ4n) is 11.9. The van der Waals surface area contributed by atoms with Gasteiger partial charge in [-0.25, -0.2) is 37.0 Å². The van der Waals surface area contributed by atoms with E-state index in [2.05, 4.69) is 67.8 Å². The van der Waals surface area contributed by atoms with E-state index in [1.807, 2.05) is 4.98 Å². The normalized spacial score (nSPS) is 19.9. The molecule has 29 N–H and O–H groups in total. The molecular weight excluding hydrogens is 1850 g/mol. The summed E-state index contributed by atoms with van der Waals surface area (Å²) >= 11 is 0.822. The summed E-state index contributed by atoms with van der Waals surface area (Å²) in [6, 6.07) is -7.12. The Labute approximate surface area is 741 Å². The van der Waals surface area contributed by atoms with Gasteiger partial charge in [0.25, 0.3) is 5.56 Å². The molecule has 0 aromatic carbocycles. The number of phosphoric acid groups is 6. The molecule has 2 fully saturated rings.